The molecule has 0 bridgehead atoms. The van der Waals surface area contributed by atoms with Crippen molar-refractivity contribution in [1.29, 1.82) is 0 Å². The number of aryl methyl sites for hydroxylation is 1. The number of hydrogen-bond acceptors (Lipinski definition) is 3. The second-order valence-electron chi connectivity index (χ2n) is 3.91. The van der Waals surface area contributed by atoms with Gasteiger partial charge in [0, 0.05) is 19.3 Å². The Morgan fingerprint density at radius 2 is 2.27 bits per heavy atom. The first kappa shape index (κ1) is 12.5. The molecule has 1 rings (SSSR count). The lowest BCUT2D eigenvalue weighted by atomic mass is 10.2. The minimum atomic E-state index is 0.522. The van der Waals surface area contributed by atoms with Crippen LogP contribution in [0.3, 0.4) is 0 Å². The third-order valence-electron chi connectivity index (χ3n) is 2.45. The molecule has 0 aliphatic rings. The van der Waals surface area contributed by atoms with Gasteiger partial charge in [-0.3, -0.25) is 0 Å². The lowest BCUT2D eigenvalue weighted by Gasteiger charge is -2.19. The third kappa shape index (κ3) is 3.83. The number of aromatic nitrogens is 2. The molecule has 1 atom stereocenters. The molecule has 0 aliphatic heterocycles. The topological polar surface area (TPSA) is 30.3 Å². The molecule has 15 heavy (non-hydrogen) atoms. The van der Waals surface area contributed by atoms with E-state index in [-0.39, 0.29) is 0 Å². The Kier molecular flexibility index (Phi) is 4.60. The normalized spacial score (nSPS) is 13.2. The summed E-state index contributed by atoms with van der Waals surface area (Å²) in [7, 11) is 6.06. The van der Waals surface area contributed by atoms with E-state index in [9.17, 15) is 0 Å². The third-order valence-corrected chi connectivity index (χ3v) is 2.83. The molecule has 0 amide bonds. The van der Waals surface area contributed by atoms with Crippen LogP contribution in [0.4, 0.5) is 0 Å². The Labute approximate surface area is 99.4 Å². The fourth-order valence-corrected chi connectivity index (χ4v) is 1.59. The lowest BCUT2D eigenvalue weighted by molar-refractivity contribution is 0.219. The molecule has 4 nitrogen and oxygen atoms in total. The van der Waals surface area contributed by atoms with Gasteiger partial charge < -0.3 is 14.2 Å². The molecule has 0 fully saturated rings. The molecule has 1 aromatic heterocycles. The first-order chi connectivity index (χ1) is 7.00. The summed E-state index contributed by atoms with van der Waals surface area (Å²) in [6, 6.07) is 1.18. The molecule has 0 aromatic carbocycles. The van der Waals surface area contributed by atoms with Crippen LogP contribution < -0.4 is 4.74 Å². The molecular formula is C10H18BrN3O. The molecular weight excluding hydrogens is 258 g/mol. The van der Waals surface area contributed by atoms with Gasteiger partial charge in [0.05, 0.1) is 6.61 Å². The van der Waals surface area contributed by atoms with Crippen LogP contribution in [0.25, 0.3) is 0 Å². The van der Waals surface area contributed by atoms with E-state index in [0.717, 1.165) is 11.0 Å². The van der Waals surface area contributed by atoms with Crippen molar-refractivity contribution in [3.05, 3.63) is 10.8 Å². The molecule has 1 aromatic rings. The number of nitrogens with zero attached hydrogens (tertiary/aromatic N) is 3. The largest absolute Gasteiger partial charge is 0.465 e. The highest BCUT2D eigenvalue weighted by Crippen LogP contribution is 2.14. The number of imidazole rings is 1. The van der Waals surface area contributed by atoms with Crippen LogP contribution >= 0.6 is 15.9 Å². The van der Waals surface area contributed by atoms with Gasteiger partial charge in [0.15, 0.2) is 0 Å². The Morgan fingerprint density at radius 1 is 1.60 bits per heavy atom. The predicted molar refractivity (Wildman–Crippen MR) is 64.2 cm³/mol. The highest BCUT2D eigenvalue weighted by Gasteiger charge is 2.07. The van der Waals surface area contributed by atoms with E-state index in [4.69, 9.17) is 4.74 Å². The minimum Gasteiger partial charge on any atom is -0.465 e. The van der Waals surface area contributed by atoms with Gasteiger partial charge in [-0.1, -0.05) is 0 Å². The molecule has 1 heterocycles. The van der Waals surface area contributed by atoms with E-state index in [1.165, 1.54) is 0 Å². The number of rotatable bonds is 5. The molecule has 5 heteroatoms. The maximum Gasteiger partial charge on any atom is 0.297 e. The quantitative estimate of drug-likeness (QED) is 0.823. The van der Waals surface area contributed by atoms with Crippen molar-refractivity contribution in [3.8, 4) is 6.01 Å². The van der Waals surface area contributed by atoms with Crippen molar-refractivity contribution in [2.75, 3.05) is 20.7 Å². The number of halogens is 1. The summed E-state index contributed by atoms with van der Waals surface area (Å²) in [6.45, 7) is 2.87. The van der Waals surface area contributed by atoms with Gasteiger partial charge in [-0.05, 0) is 43.4 Å². The zero-order valence-electron chi connectivity index (χ0n) is 9.70. The first-order valence-corrected chi connectivity index (χ1v) is 5.78. The molecule has 0 spiro atoms. The number of hydrogen-bond donors (Lipinski definition) is 0. The summed E-state index contributed by atoms with van der Waals surface area (Å²) in [5.74, 6) is 0. The summed E-state index contributed by atoms with van der Waals surface area (Å²) >= 11 is 3.31. The molecule has 86 valence electrons. The average Bonchev–Trinajstić information content (AvgIpc) is 2.45. The van der Waals surface area contributed by atoms with Gasteiger partial charge in [0.2, 0.25) is 0 Å². The van der Waals surface area contributed by atoms with Gasteiger partial charge >= 0.3 is 0 Å². The summed E-state index contributed by atoms with van der Waals surface area (Å²) < 4.78 is 8.25. The van der Waals surface area contributed by atoms with Gasteiger partial charge in [-0.15, -0.1) is 0 Å². The van der Waals surface area contributed by atoms with Crippen LogP contribution in [-0.4, -0.2) is 41.2 Å². The number of ether oxygens (including phenoxy) is 1. The lowest BCUT2D eigenvalue weighted by Crippen LogP contribution is -2.26. The highest BCUT2D eigenvalue weighted by molar-refractivity contribution is 9.10. The van der Waals surface area contributed by atoms with Crippen molar-refractivity contribution in [2.24, 2.45) is 7.05 Å². The monoisotopic (exact) mass is 275 g/mol. The fourth-order valence-electron chi connectivity index (χ4n) is 1.13. The molecule has 0 saturated carbocycles. The van der Waals surface area contributed by atoms with E-state index < -0.39 is 0 Å². The van der Waals surface area contributed by atoms with Crippen LogP contribution in [0.2, 0.25) is 0 Å². The van der Waals surface area contributed by atoms with Crippen LogP contribution in [0.5, 0.6) is 6.01 Å². The second kappa shape index (κ2) is 5.51. The summed E-state index contributed by atoms with van der Waals surface area (Å²) in [5.41, 5.74) is 0. The van der Waals surface area contributed by atoms with Crippen molar-refractivity contribution in [1.82, 2.24) is 14.5 Å². The Hall–Kier alpha value is -0.550. The summed E-state index contributed by atoms with van der Waals surface area (Å²) in [4.78, 5) is 6.37. The van der Waals surface area contributed by atoms with Crippen LogP contribution in [0, 0.1) is 0 Å². The van der Waals surface area contributed by atoms with E-state index >= 15 is 0 Å². The molecule has 0 N–H and O–H groups in total. The van der Waals surface area contributed by atoms with Crippen molar-refractivity contribution in [3.63, 3.8) is 0 Å². The fraction of sp³-hybridized carbons (Fsp3) is 0.700. The standard InChI is InChI=1S/C10H18BrN3O/c1-8(13(2)3)5-6-15-10-12-9(11)7-14(10)4/h7-8H,5-6H2,1-4H3/t8-/m1/s1. The van der Waals surface area contributed by atoms with Gasteiger partial charge in [0.25, 0.3) is 6.01 Å². The summed E-state index contributed by atoms with van der Waals surface area (Å²) in [6.07, 6.45) is 2.88. The van der Waals surface area contributed by atoms with Gasteiger partial charge in [-0.2, -0.15) is 4.98 Å². The maximum absolute atomic E-state index is 5.57. The van der Waals surface area contributed by atoms with Crippen molar-refractivity contribution < 1.29 is 4.74 Å². The SMILES string of the molecule is C[C@H](CCOc1nc(Br)cn1C)N(C)C. The first-order valence-electron chi connectivity index (χ1n) is 4.98. The molecule has 0 unspecified atom stereocenters. The summed E-state index contributed by atoms with van der Waals surface area (Å²) in [5, 5.41) is 0. The smallest absolute Gasteiger partial charge is 0.297 e. The average molecular weight is 276 g/mol. The van der Waals surface area contributed by atoms with Crippen molar-refractivity contribution in [2.45, 2.75) is 19.4 Å². The van der Waals surface area contributed by atoms with Gasteiger partial charge in [-0.25, -0.2) is 0 Å². The van der Waals surface area contributed by atoms with E-state index in [1.54, 1.807) is 0 Å². The maximum atomic E-state index is 5.57. The minimum absolute atomic E-state index is 0.522. The molecule has 0 radical (unpaired) electrons. The molecule has 0 saturated heterocycles. The zero-order valence-corrected chi connectivity index (χ0v) is 11.3. The predicted octanol–water partition coefficient (Wildman–Crippen LogP) is 1.90. The Balaban J connectivity index is 2.35. The van der Waals surface area contributed by atoms with E-state index in [1.807, 2.05) is 17.8 Å². The van der Waals surface area contributed by atoms with Crippen LogP contribution in [0.1, 0.15) is 13.3 Å². The van der Waals surface area contributed by atoms with Crippen molar-refractivity contribution >= 4 is 15.9 Å². The van der Waals surface area contributed by atoms with Gasteiger partial charge in [0.1, 0.15) is 4.60 Å². The Morgan fingerprint density at radius 3 is 2.73 bits per heavy atom. The van der Waals surface area contributed by atoms with Crippen LogP contribution in [-0.2, 0) is 7.05 Å². The van der Waals surface area contributed by atoms with E-state index in [0.29, 0.717) is 18.7 Å². The van der Waals surface area contributed by atoms with E-state index in [2.05, 4.69) is 46.8 Å². The highest BCUT2D eigenvalue weighted by atomic mass is 79.9. The molecule has 0 aliphatic carbocycles. The van der Waals surface area contributed by atoms with Crippen LogP contribution in [0.15, 0.2) is 10.8 Å². The second-order valence-corrected chi connectivity index (χ2v) is 4.72. The zero-order chi connectivity index (χ0) is 11.4. The Bertz CT molecular complexity index is 312.